The molecule has 0 saturated carbocycles. The second kappa shape index (κ2) is 11.6. The fourth-order valence-corrected chi connectivity index (χ4v) is 4.28. The number of amides is 5. The Labute approximate surface area is 210 Å². The molecule has 3 atom stereocenters. The van der Waals surface area contributed by atoms with E-state index in [0.29, 0.717) is 23.6 Å². The summed E-state index contributed by atoms with van der Waals surface area (Å²) in [5, 5.41) is 8.28. The highest BCUT2D eigenvalue weighted by atomic mass is 16.5. The number of hydrogen-bond acceptors (Lipinski definition) is 5. The third-order valence-electron chi connectivity index (χ3n) is 6.06. The molecule has 0 aliphatic carbocycles. The Balaban J connectivity index is 1.75. The Bertz CT molecular complexity index is 1110. The quantitative estimate of drug-likeness (QED) is 0.413. The van der Waals surface area contributed by atoms with Crippen LogP contribution < -0.4 is 26.4 Å². The highest BCUT2D eigenvalue weighted by Gasteiger charge is 2.42. The van der Waals surface area contributed by atoms with Crippen LogP contribution in [0.25, 0.3) is 0 Å². The zero-order valence-corrected chi connectivity index (χ0v) is 21.0. The van der Waals surface area contributed by atoms with E-state index >= 15 is 0 Å². The number of rotatable bonds is 9. The summed E-state index contributed by atoms with van der Waals surface area (Å²) in [5.41, 5.74) is 6.44. The number of anilines is 1. The standard InChI is InChI=1S/C25H34N6O5/c1-15(2)11-19(22(26)32)29-23(33)21-13-17(14-31(21)24(34)20-9-6-10-30(20)3)28-25(35)27-16-7-5-8-18(12-16)36-4/h5-10,12,15,17,19,21H,11,13-14H2,1-4H3,(H2,26,32)(H,29,33)(H2,27,28,35). The van der Waals surface area contributed by atoms with E-state index < -0.39 is 36.0 Å². The predicted octanol–water partition coefficient (Wildman–Crippen LogP) is 1.45. The number of carbonyl (C=O) groups excluding carboxylic acids is 4. The maximum absolute atomic E-state index is 13.3. The second-order valence-electron chi connectivity index (χ2n) is 9.33. The van der Waals surface area contributed by atoms with Crippen molar-refractivity contribution in [3.05, 3.63) is 48.3 Å². The Hall–Kier alpha value is -4.02. The molecule has 3 unspecified atom stereocenters. The average Bonchev–Trinajstić information content (AvgIpc) is 3.44. The monoisotopic (exact) mass is 498 g/mol. The number of benzene rings is 1. The highest BCUT2D eigenvalue weighted by Crippen LogP contribution is 2.23. The largest absolute Gasteiger partial charge is 0.497 e. The smallest absolute Gasteiger partial charge is 0.319 e. The van der Waals surface area contributed by atoms with Gasteiger partial charge < -0.3 is 35.9 Å². The first-order chi connectivity index (χ1) is 17.1. The molecule has 3 rings (SSSR count). The van der Waals surface area contributed by atoms with E-state index in [-0.39, 0.29) is 24.8 Å². The molecule has 11 heteroatoms. The lowest BCUT2D eigenvalue weighted by Crippen LogP contribution is -2.52. The molecule has 11 nitrogen and oxygen atoms in total. The SMILES string of the molecule is COc1cccc(NC(=O)NC2CC(C(=O)NC(CC(C)C)C(N)=O)N(C(=O)c3cccn3C)C2)c1. The number of aryl methyl sites for hydroxylation is 1. The zero-order chi connectivity index (χ0) is 26.4. The molecule has 1 aromatic carbocycles. The minimum atomic E-state index is -0.886. The van der Waals surface area contributed by atoms with Crippen LogP contribution in [0.1, 0.15) is 37.2 Å². The maximum atomic E-state index is 13.3. The van der Waals surface area contributed by atoms with Gasteiger partial charge in [-0.05, 0) is 43.0 Å². The molecule has 0 radical (unpaired) electrons. The summed E-state index contributed by atoms with van der Waals surface area (Å²) in [6.07, 6.45) is 2.30. The summed E-state index contributed by atoms with van der Waals surface area (Å²) >= 11 is 0. The van der Waals surface area contributed by atoms with Crippen molar-refractivity contribution in [2.45, 2.75) is 44.8 Å². The van der Waals surface area contributed by atoms with Gasteiger partial charge in [0.1, 0.15) is 23.5 Å². The summed E-state index contributed by atoms with van der Waals surface area (Å²) in [7, 11) is 3.27. The van der Waals surface area contributed by atoms with Gasteiger partial charge >= 0.3 is 6.03 Å². The average molecular weight is 499 g/mol. The lowest BCUT2D eigenvalue weighted by atomic mass is 10.0. The van der Waals surface area contributed by atoms with Gasteiger partial charge in [0.05, 0.1) is 13.2 Å². The van der Waals surface area contributed by atoms with Crippen molar-refractivity contribution in [1.29, 1.82) is 0 Å². The fourth-order valence-electron chi connectivity index (χ4n) is 4.28. The number of nitrogens with two attached hydrogens (primary N) is 1. The molecule has 0 spiro atoms. The number of carbonyl (C=O) groups is 4. The van der Waals surface area contributed by atoms with E-state index in [0.717, 1.165) is 0 Å². The normalized spacial score (nSPS) is 18.0. The molecule has 2 heterocycles. The van der Waals surface area contributed by atoms with Crippen molar-refractivity contribution in [3.63, 3.8) is 0 Å². The summed E-state index contributed by atoms with van der Waals surface area (Å²) < 4.78 is 6.84. The minimum Gasteiger partial charge on any atom is -0.497 e. The number of primary amides is 1. The van der Waals surface area contributed by atoms with Crippen LogP contribution in [0.5, 0.6) is 5.75 Å². The summed E-state index contributed by atoms with van der Waals surface area (Å²) in [5.74, 6) is -0.751. The Morgan fingerprint density at radius 3 is 2.53 bits per heavy atom. The Kier molecular flexibility index (Phi) is 8.57. The van der Waals surface area contributed by atoms with E-state index in [2.05, 4.69) is 16.0 Å². The third kappa shape index (κ3) is 6.55. The molecule has 0 bridgehead atoms. The van der Waals surface area contributed by atoms with Gasteiger partial charge in [-0.3, -0.25) is 14.4 Å². The first-order valence-electron chi connectivity index (χ1n) is 11.8. The summed E-state index contributed by atoms with van der Waals surface area (Å²) in [6, 6.07) is 7.59. The molecule has 1 aromatic heterocycles. The number of methoxy groups -OCH3 is 1. The summed E-state index contributed by atoms with van der Waals surface area (Å²) in [6.45, 7) is 3.96. The highest BCUT2D eigenvalue weighted by molar-refractivity contribution is 5.98. The molecule has 5 amide bonds. The molecule has 36 heavy (non-hydrogen) atoms. The van der Waals surface area contributed by atoms with Gasteiger partial charge in [0.2, 0.25) is 11.8 Å². The van der Waals surface area contributed by atoms with Crippen molar-refractivity contribution in [2.24, 2.45) is 18.7 Å². The van der Waals surface area contributed by atoms with Crippen LogP contribution >= 0.6 is 0 Å². The number of nitrogens with one attached hydrogen (secondary N) is 3. The van der Waals surface area contributed by atoms with E-state index in [1.54, 1.807) is 54.2 Å². The topological polar surface area (TPSA) is 148 Å². The zero-order valence-electron chi connectivity index (χ0n) is 21.0. The number of nitrogens with zero attached hydrogens (tertiary/aromatic N) is 2. The van der Waals surface area contributed by atoms with Crippen LogP contribution in [0, 0.1) is 5.92 Å². The van der Waals surface area contributed by atoms with Crippen molar-refractivity contribution in [3.8, 4) is 5.75 Å². The molecule has 1 aliphatic heterocycles. The third-order valence-corrected chi connectivity index (χ3v) is 6.06. The van der Waals surface area contributed by atoms with Crippen LogP contribution in [0.4, 0.5) is 10.5 Å². The van der Waals surface area contributed by atoms with E-state index in [1.807, 2.05) is 13.8 Å². The lowest BCUT2D eigenvalue weighted by Gasteiger charge is -2.26. The first kappa shape index (κ1) is 26.6. The second-order valence-corrected chi connectivity index (χ2v) is 9.33. The van der Waals surface area contributed by atoms with Crippen LogP contribution in [-0.4, -0.2) is 65.0 Å². The Morgan fingerprint density at radius 2 is 1.92 bits per heavy atom. The van der Waals surface area contributed by atoms with Gasteiger partial charge in [-0.2, -0.15) is 0 Å². The van der Waals surface area contributed by atoms with Crippen molar-refractivity contribution in [2.75, 3.05) is 19.0 Å². The first-order valence-corrected chi connectivity index (χ1v) is 11.8. The van der Waals surface area contributed by atoms with Gasteiger partial charge in [-0.1, -0.05) is 19.9 Å². The van der Waals surface area contributed by atoms with Gasteiger partial charge in [0.25, 0.3) is 5.91 Å². The van der Waals surface area contributed by atoms with E-state index in [4.69, 9.17) is 10.5 Å². The number of hydrogen-bond donors (Lipinski definition) is 4. The predicted molar refractivity (Wildman–Crippen MR) is 134 cm³/mol. The molecule has 1 aliphatic rings. The fraction of sp³-hybridized carbons (Fsp3) is 0.440. The molecule has 2 aromatic rings. The number of aromatic nitrogens is 1. The van der Waals surface area contributed by atoms with E-state index in [1.165, 1.54) is 12.0 Å². The molecule has 194 valence electrons. The Morgan fingerprint density at radius 1 is 1.17 bits per heavy atom. The van der Waals surface area contributed by atoms with Crippen LogP contribution in [0.2, 0.25) is 0 Å². The van der Waals surface area contributed by atoms with Crippen molar-refractivity contribution >= 4 is 29.4 Å². The maximum Gasteiger partial charge on any atom is 0.319 e. The van der Waals surface area contributed by atoms with E-state index in [9.17, 15) is 19.2 Å². The number of urea groups is 1. The van der Waals surface area contributed by atoms with Gasteiger partial charge in [-0.25, -0.2) is 4.79 Å². The summed E-state index contributed by atoms with van der Waals surface area (Å²) in [4.78, 5) is 52.6. The minimum absolute atomic E-state index is 0.124. The molecular formula is C25H34N6O5. The number of ether oxygens (including phenoxy) is 1. The molecular weight excluding hydrogens is 464 g/mol. The number of likely N-dealkylation sites (tertiary alicyclic amines) is 1. The van der Waals surface area contributed by atoms with Gasteiger partial charge in [0, 0.05) is 31.5 Å². The van der Waals surface area contributed by atoms with Crippen molar-refractivity contribution < 1.29 is 23.9 Å². The van der Waals surface area contributed by atoms with Crippen LogP contribution in [0.3, 0.4) is 0 Å². The molecule has 1 saturated heterocycles. The van der Waals surface area contributed by atoms with Gasteiger partial charge in [0.15, 0.2) is 0 Å². The van der Waals surface area contributed by atoms with Crippen LogP contribution in [0.15, 0.2) is 42.6 Å². The molecule has 1 fully saturated rings. The van der Waals surface area contributed by atoms with Crippen LogP contribution in [-0.2, 0) is 16.6 Å². The van der Waals surface area contributed by atoms with Crippen molar-refractivity contribution in [1.82, 2.24) is 20.1 Å². The van der Waals surface area contributed by atoms with Gasteiger partial charge in [-0.15, -0.1) is 0 Å². The lowest BCUT2D eigenvalue weighted by molar-refractivity contribution is -0.130. The molecule has 5 N–H and O–H groups in total.